The van der Waals surface area contributed by atoms with E-state index in [4.69, 9.17) is 4.74 Å². The summed E-state index contributed by atoms with van der Waals surface area (Å²) in [6, 6.07) is 13.1. The molecule has 2 N–H and O–H groups in total. The van der Waals surface area contributed by atoms with Gasteiger partial charge in [-0.1, -0.05) is 30.3 Å². The fourth-order valence-electron chi connectivity index (χ4n) is 2.38. The Morgan fingerprint density at radius 1 is 1.27 bits per heavy atom. The normalized spacial score (nSPS) is 12.9. The van der Waals surface area contributed by atoms with E-state index in [9.17, 15) is 19.1 Å². The minimum absolute atomic E-state index is 0.0740. The third kappa shape index (κ3) is 5.57. The first-order valence-electron chi connectivity index (χ1n) is 7.96. The van der Waals surface area contributed by atoms with Crippen LogP contribution in [0.1, 0.15) is 17.2 Å². The molecule has 2 rings (SSSR count). The molecule has 0 aliphatic carbocycles. The maximum atomic E-state index is 13.6. The van der Waals surface area contributed by atoms with E-state index in [-0.39, 0.29) is 23.3 Å². The van der Waals surface area contributed by atoms with E-state index in [2.05, 4.69) is 5.32 Å². The lowest BCUT2D eigenvalue weighted by atomic mass is 10.1. The highest BCUT2D eigenvalue weighted by Gasteiger charge is 2.17. The highest BCUT2D eigenvalue weighted by molar-refractivity contribution is 7.99. The van der Waals surface area contributed by atoms with Crippen LogP contribution in [0.25, 0.3) is 0 Å². The van der Waals surface area contributed by atoms with Crippen LogP contribution < -0.4 is 10.1 Å². The summed E-state index contributed by atoms with van der Waals surface area (Å²) in [6.07, 6.45) is 1.59. The number of rotatable bonds is 9. The number of halogens is 1. The number of aliphatic hydroxyl groups excluding tert-OH is 1. The Bertz CT molecular complexity index is 739. The van der Waals surface area contributed by atoms with Crippen LogP contribution in [0, 0.1) is 5.82 Å². The Morgan fingerprint density at radius 2 is 1.96 bits per heavy atom. The number of hydrogen-bond acceptors (Lipinski definition) is 5. The summed E-state index contributed by atoms with van der Waals surface area (Å²) in [5, 5.41) is 11.8. The maximum absolute atomic E-state index is 13.6. The fraction of sp³-hybridized carbons (Fsp3) is 0.263. The zero-order valence-electron chi connectivity index (χ0n) is 14.2. The van der Waals surface area contributed by atoms with Gasteiger partial charge in [0.15, 0.2) is 0 Å². The molecule has 2 aromatic carbocycles. The Balaban J connectivity index is 1.92. The van der Waals surface area contributed by atoms with Gasteiger partial charge in [-0.3, -0.25) is 14.9 Å². The lowest BCUT2D eigenvalue weighted by Crippen LogP contribution is -2.32. The number of ether oxygens (including phenoxy) is 1. The summed E-state index contributed by atoms with van der Waals surface area (Å²) in [4.78, 5) is 22.1. The fourth-order valence-corrected chi connectivity index (χ4v) is 3.02. The molecule has 0 saturated carbocycles. The zero-order chi connectivity index (χ0) is 18.9. The molecule has 0 aliphatic rings. The molecule has 0 bridgehead atoms. The molecule has 2 atom stereocenters. The number of thioether (sulfide) groups is 1. The minimum atomic E-state index is -1.07. The molecule has 0 radical (unpaired) electrons. The van der Waals surface area contributed by atoms with Gasteiger partial charge in [0, 0.05) is 5.56 Å². The molecule has 26 heavy (non-hydrogen) atoms. The quantitative estimate of drug-likeness (QED) is 0.657. The van der Waals surface area contributed by atoms with Gasteiger partial charge in [0.2, 0.25) is 12.3 Å². The van der Waals surface area contributed by atoms with Crippen LogP contribution in [-0.2, 0) is 16.0 Å². The van der Waals surface area contributed by atoms with Crippen molar-refractivity contribution in [1.82, 2.24) is 5.32 Å². The van der Waals surface area contributed by atoms with Gasteiger partial charge in [0.1, 0.15) is 24.3 Å². The SMILES string of the molecule is CSC(Cc1ccc(OCC(O)c2ccccc2F)cc1)C(=O)NC=O. The topological polar surface area (TPSA) is 75.6 Å². The van der Waals surface area contributed by atoms with Crippen LogP contribution in [0.5, 0.6) is 5.75 Å². The highest BCUT2D eigenvalue weighted by Crippen LogP contribution is 2.21. The number of nitrogens with one attached hydrogen (secondary N) is 1. The molecule has 0 aromatic heterocycles. The van der Waals surface area contributed by atoms with Crippen molar-refractivity contribution in [3.8, 4) is 5.75 Å². The Hall–Kier alpha value is -2.38. The minimum Gasteiger partial charge on any atom is -0.491 e. The number of imide groups is 1. The van der Waals surface area contributed by atoms with Crippen molar-refractivity contribution in [1.29, 1.82) is 0 Å². The summed E-state index contributed by atoms with van der Waals surface area (Å²) in [6.45, 7) is -0.0740. The van der Waals surface area contributed by atoms with E-state index >= 15 is 0 Å². The van der Waals surface area contributed by atoms with Gasteiger partial charge < -0.3 is 9.84 Å². The third-order valence-corrected chi connectivity index (χ3v) is 4.74. The molecule has 2 amide bonds. The number of benzene rings is 2. The number of hydrogen-bond donors (Lipinski definition) is 2. The van der Waals surface area contributed by atoms with Crippen molar-refractivity contribution < 1.29 is 23.8 Å². The smallest absolute Gasteiger partial charge is 0.239 e. The third-order valence-electron chi connectivity index (χ3n) is 3.79. The first-order chi connectivity index (χ1) is 12.5. The average Bonchev–Trinajstić information content (AvgIpc) is 2.65. The number of carbonyl (C=O) groups excluding carboxylic acids is 2. The maximum Gasteiger partial charge on any atom is 0.239 e. The molecule has 138 valence electrons. The van der Waals surface area contributed by atoms with Gasteiger partial charge in [0.25, 0.3) is 0 Å². The number of aliphatic hydroxyl groups is 1. The number of amides is 2. The highest BCUT2D eigenvalue weighted by atomic mass is 32.2. The molecule has 0 spiro atoms. The van der Waals surface area contributed by atoms with Crippen LogP contribution in [0.2, 0.25) is 0 Å². The molecular formula is C19H20FNO4S. The summed E-state index contributed by atoms with van der Waals surface area (Å²) in [5.74, 6) is -0.279. The first-order valence-corrected chi connectivity index (χ1v) is 9.25. The zero-order valence-corrected chi connectivity index (χ0v) is 15.0. The van der Waals surface area contributed by atoms with Crippen molar-refractivity contribution in [3.63, 3.8) is 0 Å². The van der Waals surface area contributed by atoms with E-state index < -0.39 is 11.9 Å². The molecule has 7 heteroatoms. The van der Waals surface area contributed by atoms with Crippen LogP contribution in [0.3, 0.4) is 0 Å². The van der Waals surface area contributed by atoms with Crippen molar-refractivity contribution in [2.45, 2.75) is 17.8 Å². The van der Waals surface area contributed by atoms with Gasteiger partial charge in [-0.05, 0) is 36.4 Å². The van der Waals surface area contributed by atoms with E-state index in [1.165, 1.54) is 23.9 Å². The molecule has 0 aliphatic heterocycles. The summed E-state index contributed by atoms with van der Waals surface area (Å²) >= 11 is 1.36. The molecule has 2 aromatic rings. The largest absolute Gasteiger partial charge is 0.491 e. The van der Waals surface area contributed by atoms with Crippen LogP contribution in [-0.4, -0.2) is 35.5 Å². The lowest BCUT2D eigenvalue weighted by Gasteiger charge is -2.15. The van der Waals surface area contributed by atoms with Gasteiger partial charge in [-0.25, -0.2) is 4.39 Å². The summed E-state index contributed by atoms with van der Waals surface area (Å²) in [7, 11) is 0. The Labute approximate surface area is 155 Å². The van der Waals surface area contributed by atoms with Gasteiger partial charge in [0.05, 0.1) is 5.25 Å². The second-order valence-corrected chi connectivity index (χ2v) is 6.59. The van der Waals surface area contributed by atoms with Crippen molar-refractivity contribution in [2.24, 2.45) is 0 Å². The molecule has 2 unspecified atom stereocenters. The molecule has 5 nitrogen and oxygen atoms in total. The van der Waals surface area contributed by atoms with Crippen molar-refractivity contribution in [3.05, 3.63) is 65.5 Å². The molecule has 0 saturated heterocycles. The van der Waals surface area contributed by atoms with E-state index in [1.54, 1.807) is 30.5 Å². The van der Waals surface area contributed by atoms with Gasteiger partial charge in [-0.15, -0.1) is 0 Å². The predicted molar refractivity (Wildman–Crippen MR) is 98.5 cm³/mol. The summed E-state index contributed by atoms with van der Waals surface area (Å²) < 4.78 is 19.1. The average molecular weight is 377 g/mol. The monoisotopic (exact) mass is 377 g/mol. The second kappa shape index (κ2) is 9.94. The van der Waals surface area contributed by atoms with Gasteiger partial charge >= 0.3 is 0 Å². The standard InChI is InChI=1S/C19H20FNO4S/c1-26-18(19(24)21-12-22)10-13-6-8-14(9-7-13)25-11-17(23)15-4-2-3-5-16(15)20/h2-9,12,17-18,23H,10-11H2,1H3,(H,21,22,24). The summed E-state index contributed by atoms with van der Waals surface area (Å²) in [5.41, 5.74) is 1.10. The van der Waals surface area contributed by atoms with Gasteiger partial charge in [-0.2, -0.15) is 11.8 Å². The molecular weight excluding hydrogens is 357 g/mol. The van der Waals surface area contributed by atoms with Crippen LogP contribution in [0.15, 0.2) is 48.5 Å². The van der Waals surface area contributed by atoms with Crippen LogP contribution in [0.4, 0.5) is 4.39 Å². The first kappa shape index (κ1) is 19.9. The second-order valence-electron chi connectivity index (χ2n) is 5.55. The van der Waals surface area contributed by atoms with E-state index in [0.29, 0.717) is 18.6 Å². The van der Waals surface area contributed by atoms with E-state index in [1.807, 2.05) is 12.1 Å². The van der Waals surface area contributed by atoms with Crippen LogP contribution >= 0.6 is 11.8 Å². The van der Waals surface area contributed by atoms with Crippen molar-refractivity contribution >= 4 is 24.1 Å². The Kier molecular flexibility index (Phi) is 7.62. The van der Waals surface area contributed by atoms with Crippen molar-refractivity contribution in [2.75, 3.05) is 12.9 Å². The molecule has 0 heterocycles. The predicted octanol–water partition coefficient (Wildman–Crippen LogP) is 2.48. The van der Waals surface area contributed by atoms with E-state index in [0.717, 1.165) is 5.56 Å². The molecule has 0 fully saturated rings. The number of carbonyl (C=O) groups is 2. The Morgan fingerprint density at radius 3 is 2.58 bits per heavy atom. The lowest BCUT2D eigenvalue weighted by molar-refractivity contribution is -0.124.